The molecule has 5 nitrogen and oxygen atoms in total. The van der Waals surface area contributed by atoms with Gasteiger partial charge >= 0.3 is 5.97 Å². The molecule has 2 unspecified atom stereocenters. The zero-order chi connectivity index (χ0) is 20.5. The summed E-state index contributed by atoms with van der Waals surface area (Å²) in [5.41, 5.74) is -0.213. The number of hydrogen-bond donors (Lipinski definition) is 0. The molecule has 0 N–H and O–H groups in total. The molecular weight excluding hydrogens is 356 g/mol. The van der Waals surface area contributed by atoms with E-state index in [4.69, 9.17) is 14.2 Å². The van der Waals surface area contributed by atoms with Crippen LogP contribution in [0.25, 0.3) is 0 Å². The molecule has 5 heteroatoms. The molecule has 1 aliphatic carbocycles. The van der Waals surface area contributed by atoms with Gasteiger partial charge < -0.3 is 14.2 Å². The summed E-state index contributed by atoms with van der Waals surface area (Å²) < 4.78 is 16.8. The zero-order valence-corrected chi connectivity index (χ0v) is 17.2. The minimum atomic E-state index is -0.735. The van der Waals surface area contributed by atoms with Crippen molar-refractivity contribution in [3.8, 4) is 0 Å². The molecule has 2 rings (SSSR count). The first-order valence-electron chi connectivity index (χ1n) is 9.97. The standard InChI is InChI=1S/C23H32O5/c1-22(2,3)28-21(25)20(12-15-26-17-19-10-6-4-7-11-19)16-23(27-18-24)13-8-5-9-14-23/h4,6-8,10-11,13,18,20H,5,9,12,14-17H2,1-3H3. The van der Waals surface area contributed by atoms with Crippen molar-refractivity contribution >= 4 is 12.4 Å². The molecule has 0 heterocycles. The van der Waals surface area contributed by atoms with Crippen molar-refractivity contribution in [1.82, 2.24) is 0 Å². The monoisotopic (exact) mass is 388 g/mol. The van der Waals surface area contributed by atoms with Gasteiger partial charge in [0, 0.05) is 13.0 Å². The van der Waals surface area contributed by atoms with Crippen molar-refractivity contribution < 1.29 is 23.8 Å². The first-order valence-corrected chi connectivity index (χ1v) is 9.97. The Morgan fingerprint density at radius 3 is 2.61 bits per heavy atom. The lowest BCUT2D eigenvalue weighted by atomic mass is 9.81. The fourth-order valence-electron chi connectivity index (χ4n) is 3.41. The lowest BCUT2D eigenvalue weighted by Crippen LogP contribution is -2.38. The van der Waals surface area contributed by atoms with Gasteiger partial charge in [-0.05, 0) is 58.1 Å². The van der Waals surface area contributed by atoms with Gasteiger partial charge in [-0.3, -0.25) is 9.59 Å². The number of carbonyl (C=O) groups is 2. The molecule has 0 saturated carbocycles. The lowest BCUT2D eigenvalue weighted by Gasteiger charge is -2.34. The largest absolute Gasteiger partial charge is 0.460 e. The second kappa shape index (κ2) is 10.4. The summed E-state index contributed by atoms with van der Waals surface area (Å²) in [6.45, 7) is 6.97. The number of esters is 1. The fraction of sp³-hybridized carbons (Fsp3) is 0.565. The van der Waals surface area contributed by atoms with Crippen LogP contribution in [0.1, 0.15) is 58.4 Å². The van der Waals surface area contributed by atoms with E-state index >= 15 is 0 Å². The van der Waals surface area contributed by atoms with Crippen LogP contribution in [0.5, 0.6) is 0 Å². The molecule has 0 saturated heterocycles. The fourth-order valence-corrected chi connectivity index (χ4v) is 3.41. The van der Waals surface area contributed by atoms with Crippen LogP contribution in [0, 0.1) is 5.92 Å². The van der Waals surface area contributed by atoms with E-state index in [1.54, 1.807) is 0 Å². The Balaban J connectivity index is 2.01. The number of benzene rings is 1. The molecule has 1 aromatic rings. The Hall–Kier alpha value is -2.14. The van der Waals surface area contributed by atoms with Crippen molar-refractivity contribution in [3.05, 3.63) is 48.0 Å². The Morgan fingerprint density at radius 2 is 2.00 bits per heavy atom. The van der Waals surface area contributed by atoms with Crippen LogP contribution < -0.4 is 0 Å². The number of rotatable bonds is 10. The third kappa shape index (κ3) is 7.47. The maximum atomic E-state index is 12.8. The molecule has 0 bridgehead atoms. The molecule has 0 aromatic heterocycles. The summed E-state index contributed by atoms with van der Waals surface area (Å²) in [6, 6.07) is 9.92. The highest BCUT2D eigenvalue weighted by Crippen LogP contribution is 2.34. The van der Waals surface area contributed by atoms with Gasteiger partial charge in [0.15, 0.2) is 0 Å². The molecule has 0 radical (unpaired) electrons. The van der Waals surface area contributed by atoms with Crippen LogP contribution >= 0.6 is 0 Å². The summed E-state index contributed by atoms with van der Waals surface area (Å²) in [5.74, 6) is -0.679. The van der Waals surface area contributed by atoms with Crippen molar-refractivity contribution in [1.29, 1.82) is 0 Å². The van der Waals surface area contributed by atoms with E-state index in [0.29, 0.717) is 38.9 Å². The number of allylic oxidation sites excluding steroid dienone is 1. The summed E-state index contributed by atoms with van der Waals surface area (Å²) >= 11 is 0. The minimum absolute atomic E-state index is 0.274. The summed E-state index contributed by atoms with van der Waals surface area (Å²) in [4.78, 5) is 23.9. The predicted molar refractivity (Wildman–Crippen MR) is 108 cm³/mol. The molecule has 1 aromatic carbocycles. The van der Waals surface area contributed by atoms with Crippen molar-refractivity contribution in [2.45, 2.75) is 70.7 Å². The second-order valence-corrected chi connectivity index (χ2v) is 8.33. The van der Waals surface area contributed by atoms with Gasteiger partial charge in [-0.25, -0.2) is 0 Å². The van der Waals surface area contributed by atoms with Crippen molar-refractivity contribution in [3.63, 3.8) is 0 Å². The molecule has 1 aliphatic rings. The molecular formula is C23H32O5. The maximum absolute atomic E-state index is 12.8. The first-order chi connectivity index (χ1) is 13.3. The van der Waals surface area contributed by atoms with Gasteiger partial charge in [-0.15, -0.1) is 0 Å². The van der Waals surface area contributed by atoms with Gasteiger partial charge in [0.2, 0.25) is 0 Å². The lowest BCUT2D eigenvalue weighted by molar-refractivity contribution is -0.165. The summed E-state index contributed by atoms with van der Waals surface area (Å²) in [6.07, 6.45) is 7.47. The quantitative estimate of drug-likeness (QED) is 0.254. The average molecular weight is 389 g/mol. The van der Waals surface area contributed by atoms with E-state index in [9.17, 15) is 9.59 Å². The minimum Gasteiger partial charge on any atom is -0.460 e. The number of ether oxygens (including phenoxy) is 3. The number of carbonyl (C=O) groups excluding carboxylic acids is 2. The van der Waals surface area contributed by atoms with Crippen molar-refractivity contribution in [2.75, 3.05) is 6.61 Å². The highest BCUT2D eigenvalue weighted by atomic mass is 16.6. The summed E-state index contributed by atoms with van der Waals surface area (Å²) in [5, 5.41) is 0. The Bertz CT molecular complexity index is 647. The Morgan fingerprint density at radius 1 is 1.25 bits per heavy atom. The van der Waals surface area contributed by atoms with Crippen molar-refractivity contribution in [2.24, 2.45) is 5.92 Å². The highest BCUT2D eigenvalue weighted by molar-refractivity contribution is 5.73. The van der Waals surface area contributed by atoms with E-state index < -0.39 is 17.1 Å². The normalized spacial score (nSPS) is 20.4. The maximum Gasteiger partial charge on any atom is 0.309 e. The van der Waals surface area contributed by atoms with Gasteiger partial charge in [-0.1, -0.05) is 36.4 Å². The molecule has 2 atom stereocenters. The Labute approximate surface area is 168 Å². The van der Waals surface area contributed by atoms with Crippen LogP contribution in [0.3, 0.4) is 0 Å². The first kappa shape index (κ1) is 22.2. The van der Waals surface area contributed by atoms with Crippen LogP contribution in [-0.4, -0.2) is 30.3 Å². The van der Waals surface area contributed by atoms with E-state index in [1.807, 2.05) is 63.3 Å². The molecule has 0 aliphatic heterocycles. The van der Waals surface area contributed by atoms with Crippen LogP contribution in [0.4, 0.5) is 0 Å². The Kier molecular flexibility index (Phi) is 8.24. The van der Waals surface area contributed by atoms with E-state index in [1.165, 1.54) is 0 Å². The summed E-state index contributed by atoms with van der Waals surface area (Å²) in [7, 11) is 0. The van der Waals surface area contributed by atoms with Gasteiger partial charge in [-0.2, -0.15) is 0 Å². The van der Waals surface area contributed by atoms with Crippen LogP contribution in [0.15, 0.2) is 42.5 Å². The predicted octanol–water partition coefficient (Wildman–Crippen LogP) is 4.59. The molecule has 28 heavy (non-hydrogen) atoms. The van der Waals surface area contributed by atoms with Gasteiger partial charge in [0.1, 0.15) is 11.2 Å². The van der Waals surface area contributed by atoms with E-state index in [-0.39, 0.29) is 5.97 Å². The SMILES string of the molecule is CC(C)(C)OC(=O)C(CCOCc1ccccc1)CC1(OC=O)C=CCCC1. The molecule has 0 spiro atoms. The highest BCUT2D eigenvalue weighted by Gasteiger charge is 2.37. The number of hydrogen-bond acceptors (Lipinski definition) is 5. The smallest absolute Gasteiger partial charge is 0.309 e. The van der Waals surface area contributed by atoms with Crippen LogP contribution in [0.2, 0.25) is 0 Å². The molecule has 0 fully saturated rings. The van der Waals surface area contributed by atoms with E-state index in [2.05, 4.69) is 0 Å². The average Bonchev–Trinajstić information content (AvgIpc) is 2.64. The molecule has 154 valence electrons. The second-order valence-electron chi connectivity index (χ2n) is 8.33. The molecule has 0 amide bonds. The van der Waals surface area contributed by atoms with Gasteiger partial charge in [0.25, 0.3) is 6.47 Å². The van der Waals surface area contributed by atoms with E-state index in [0.717, 1.165) is 18.4 Å². The van der Waals surface area contributed by atoms with Crippen LogP contribution in [-0.2, 0) is 30.4 Å². The topological polar surface area (TPSA) is 61.8 Å². The zero-order valence-electron chi connectivity index (χ0n) is 17.2. The van der Waals surface area contributed by atoms with Gasteiger partial charge in [0.05, 0.1) is 12.5 Å². The third-order valence-electron chi connectivity index (χ3n) is 4.73. The third-order valence-corrected chi connectivity index (χ3v) is 4.73.